The number of carboxylic acid groups (broad SMARTS) is 1. The van der Waals surface area contributed by atoms with E-state index in [2.05, 4.69) is 15.7 Å². The minimum absolute atomic E-state index is 0.245. The van der Waals surface area contributed by atoms with E-state index in [4.69, 9.17) is 21.4 Å². The van der Waals surface area contributed by atoms with Crippen molar-refractivity contribution in [2.75, 3.05) is 27.3 Å². The van der Waals surface area contributed by atoms with Crippen molar-refractivity contribution in [2.24, 2.45) is 0 Å². The van der Waals surface area contributed by atoms with Crippen LogP contribution in [0.2, 0.25) is 5.02 Å². The molecule has 0 amide bonds. The van der Waals surface area contributed by atoms with Crippen LogP contribution in [0.4, 0.5) is 4.79 Å². The van der Waals surface area contributed by atoms with Crippen LogP contribution >= 0.6 is 11.6 Å². The van der Waals surface area contributed by atoms with Gasteiger partial charge >= 0.3 is 11.8 Å². The number of halogens is 1. The molecule has 0 spiro atoms. The molecule has 0 unspecified atom stereocenters. The van der Waals surface area contributed by atoms with Crippen molar-refractivity contribution < 1.29 is 14.6 Å². The quantitative estimate of drug-likeness (QED) is 0.611. The second-order valence-corrected chi connectivity index (χ2v) is 4.73. The van der Waals surface area contributed by atoms with E-state index in [0.717, 1.165) is 24.3 Å². The Morgan fingerprint density at radius 3 is 2.48 bits per heavy atom. The lowest BCUT2D eigenvalue weighted by Gasteiger charge is -1.96. The average Bonchev–Trinajstić information content (AvgIpc) is 2.91. The molecule has 1 heterocycles. The molecule has 0 bridgehead atoms. The van der Waals surface area contributed by atoms with E-state index in [-0.39, 0.29) is 4.68 Å². The van der Waals surface area contributed by atoms with Gasteiger partial charge in [-0.2, -0.15) is 4.68 Å². The maximum absolute atomic E-state index is 11.5. The minimum atomic E-state index is -1.48. The Balaban J connectivity index is 0.000000322. The van der Waals surface area contributed by atoms with Crippen LogP contribution in [-0.4, -0.2) is 58.3 Å². The number of nitrogens with one attached hydrogen (secondary N) is 1. The monoisotopic (exact) mass is 343 g/mol. The summed E-state index contributed by atoms with van der Waals surface area (Å²) >= 11 is 5.67. The highest BCUT2D eigenvalue weighted by Crippen LogP contribution is 2.10. The van der Waals surface area contributed by atoms with E-state index in [1.54, 1.807) is 19.2 Å². The topological polar surface area (TPSA) is 111 Å². The number of ether oxygens (including phenoxy) is 1. The smallest absolute Gasteiger partial charge is 0.438 e. The third kappa shape index (κ3) is 5.81. The summed E-state index contributed by atoms with van der Waals surface area (Å²) < 4.78 is 5.91. The Morgan fingerprint density at radius 1 is 1.35 bits per heavy atom. The van der Waals surface area contributed by atoms with Crippen LogP contribution in [-0.2, 0) is 4.74 Å². The fourth-order valence-electron chi connectivity index (χ4n) is 1.50. The Bertz CT molecular complexity index is 664. The standard InChI is InChI=1S/C8H5ClN4O3.C5H13NO/c9-5-1-3-6(4-2-5)12-7(14)13(8(15)16)11-10-12;1-6-4-3-5-7-2/h1-4H,(H,15,16);6H,3-5H2,1-2H3. The molecule has 0 aliphatic heterocycles. The van der Waals surface area contributed by atoms with Crippen molar-refractivity contribution in [3.05, 3.63) is 39.8 Å². The molecule has 0 aliphatic carbocycles. The van der Waals surface area contributed by atoms with Crippen LogP contribution in [0, 0.1) is 0 Å². The predicted molar refractivity (Wildman–Crippen MR) is 84.5 cm³/mol. The predicted octanol–water partition coefficient (Wildman–Crippen LogP) is 0.851. The minimum Gasteiger partial charge on any atom is -0.463 e. The number of hydrogen-bond acceptors (Lipinski definition) is 6. The molecule has 1 aromatic carbocycles. The number of benzene rings is 1. The van der Waals surface area contributed by atoms with Gasteiger partial charge in [0.05, 0.1) is 5.69 Å². The van der Waals surface area contributed by atoms with Crippen LogP contribution in [0.3, 0.4) is 0 Å². The number of aromatic nitrogens is 4. The summed E-state index contributed by atoms with van der Waals surface area (Å²) in [5.74, 6) is 0. The van der Waals surface area contributed by atoms with Crippen LogP contribution < -0.4 is 11.0 Å². The lowest BCUT2D eigenvalue weighted by atomic mass is 10.3. The summed E-state index contributed by atoms with van der Waals surface area (Å²) in [4.78, 5) is 22.0. The van der Waals surface area contributed by atoms with Gasteiger partial charge in [0.2, 0.25) is 0 Å². The van der Waals surface area contributed by atoms with Crippen molar-refractivity contribution in [3.8, 4) is 5.69 Å². The van der Waals surface area contributed by atoms with Crippen molar-refractivity contribution in [3.63, 3.8) is 0 Å². The van der Waals surface area contributed by atoms with Gasteiger partial charge in [0, 0.05) is 18.7 Å². The Labute approximate surface area is 137 Å². The van der Waals surface area contributed by atoms with Gasteiger partial charge in [0.1, 0.15) is 0 Å². The molecule has 10 heteroatoms. The molecule has 9 nitrogen and oxygen atoms in total. The Hall–Kier alpha value is -2.23. The van der Waals surface area contributed by atoms with Crippen LogP contribution in [0.1, 0.15) is 6.42 Å². The molecule has 23 heavy (non-hydrogen) atoms. The first kappa shape index (κ1) is 18.8. The molecule has 1 aromatic heterocycles. The van der Waals surface area contributed by atoms with Gasteiger partial charge in [-0.3, -0.25) is 0 Å². The number of hydrogen-bond donors (Lipinski definition) is 2. The molecule has 2 aromatic rings. The third-order valence-corrected chi connectivity index (χ3v) is 2.86. The molecule has 0 atom stereocenters. The first-order chi connectivity index (χ1) is 11.0. The Kier molecular flexibility index (Phi) is 7.95. The molecular formula is C13H18ClN5O4. The lowest BCUT2D eigenvalue weighted by Crippen LogP contribution is -2.28. The maximum atomic E-state index is 11.5. The van der Waals surface area contributed by atoms with Crippen molar-refractivity contribution in [1.29, 1.82) is 0 Å². The van der Waals surface area contributed by atoms with Crippen LogP contribution in [0.15, 0.2) is 29.1 Å². The number of methoxy groups -OCH3 is 1. The van der Waals surface area contributed by atoms with Gasteiger partial charge in [0.25, 0.3) is 0 Å². The van der Waals surface area contributed by atoms with Crippen molar-refractivity contribution in [2.45, 2.75) is 6.42 Å². The van der Waals surface area contributed by atoms with E-state index >= 15 is 0 Å². The largest absolute Gasteiger partial charge is 0.463 e. The van der Waals surface area contributed by atoms with E-state index in [1.165, 1.54) is 12.1 Å². The van der Waals surface area contributed by atoms with E-state index in [1.807, 2.05) is 7.05 Å². The number of nitrogens with zero attached hydrogens (tertiary/aromatic N) is 4. The molecule has 0 saturated heterocycles. The highest BCUT2D eigenvalue weighted by molar-refractivity contribution is 6.30. The van der Waals surface area contributed by atoms with Gasteiger partial charge in [-0.15, -0.1) is 0 Å². The van der Waals surface area contributed by atoms with Gasteiger partial charge < -0.3 is 15.2 Å². The highest BCUT2D eigenvalue weighted by atomic mass is 35.5. The number of rotatable bonds is 5. The van der Waals surface area contributed by atoms with Gasteiger partial charge in [-0.05, 0) is 54.7 Å². The zero-order chi connectivity index (χ0) is 17.2. The summed E-state index contributed by atoms with van der Waals surface area (Å²) in [6.07, 6.45) is -0.377. The molecular weight excluding hydrogens is 326 g/mol. The van der Waals surface area contributed by atoms with Gasteiger partial charge in [-0.1, -0.05) is 16.3 Å². The lowest BCUT2D eigenvalue weighted by molar-refractivity contribution is 0.191. The third-order valence-electron chi connectivity index (χ3n) is 2.61. The molecule has 0 fully saturated rings. The Morgan fingerprint density at radius 2 is 2.00 bits per heavy atom. The second-order valence-electron chi connectivity index (χ2n) is 4.29. The van der Waals surface area contributed by atoms with Crippen molar-refractivity contribution >= 4 is 17.7 Å². The summed E-state index contributed by atoms with van der Waals surface area (Å²) in [6.45, 7) is 1.91. The SMILES string of the molecule is CNCCCOC.O=C(O)n1nnn(-c2ccc(Cl)cc2)c1=O. The zero-order valence-corrected chi connectivity index (χ0v) is 13.5. The average molecular weight is 344 g/mol. The summed E-state index contributed by atoms with van der Waals surface area (Å²) in [6, 6.07) is 6.18. The number of carbonyl (C=O) groups is 1. The second kappa shape index (κ2) is 9.72. The number of tetrazole rings is 1. The highest BCUT2D eigenvalue weighted by Gasteiger charge is 2.13. The molecule has 2 N–H and O–H groups in total. The summed E-state index contributed by atoms with van der Waals surface area (Å²) in [5.41, 5.74) is -0.461. The molecule has 126 valence electrons. The van der Waals surface area contributed by atoms with E-state index in [0.29, 0.717) is 10.7 Å². The fourth-order valence-corrected chi connectivity index (χ4v) is 1.63. The molecule has 0 aliphatic rings. The summed E-state index contributed by atoms with van der Waals surface area (Å²) in [5, 5.41) is 18.7. The molecule has 0 radical (unpaired) electrons. The summed E-state index contributed by atoms with van der Waals surface area (Å²) in [7, 11) is 3.66. The molecule has 2 rings (SSSR count). The van der Waals surface area contributed by atoms with Gasteiger partial charge in [0.15, 0.2) is 0 Å². The normalized spacial score (nSPS) is 10.0. The maximum Gasteiger partial charge on any atom is 0.438 e. The van der Waals surface area contributed by atoms with Crippen LogP contribution in [0.5, 0.6) is 0 Å². The van der Waals surface area contributed by atoms with Gasteiger partial charge in [-0.25, -0.2) is 9.59 Å². The fraction of sp³-hybridized carbons (Fsp3) is 0.385. The van der Waals surface area contributed by atoms with Crippen LogP contribution in [0.25, 0.3) is 5.69 Å². The molecule has 0 saturated carbocycles. The first-order valence-electron chi connectivity index (χ1n) is 6.69. The zero-order valence-electron chi connectivity index (χ0n) is 12.8. The first-order valence-corrected chi connectivity index (χ1v) is 7.07. The van der Waals surface area contributed by atoms with Crippen molar-refractivity contribution in [1.82, 2.24) is 25.1 Å². The van der Waals surface area contributed by atoms with E-state index < -0.39 is 11.8 Å². The van der Waals surface area contributed by atoms with E-state index in [9.17, 15) is 9.59 Å².